The molecule has 2 rings (SSSR count). The van der Waals surface area contributed by atoms with Gasteiger partial charge in [-0.15, -0.1) is 0 Å². The Balaban J connectivity index is 2.68. The van der Waals surface area contributed by atoms with Gasteiger partial charge in [0.2, 0.25) is 0 Å². The summed E-state index contributed by atoms with van der Waals surface area (Å²) in [5, 5.41) is 1.55. The van der Waals surface area contributed by atoms with E-state index in [-0.39, 0.29) is 5.82 Å². The largest absolute Gasteiger partial charge is 0.271 e. The second kappa shape index (κ2) is 3.74. The second-order valence-electron chi connectivity index (χ2n) is 3.13. The Bertz CT molecular complexity index is 454. The SMILES string of the molecule is NNCc1ccc(F)c2ccccc12. The van der Waals surface area contributed by atoms with Crippen LogP contribution in [0.1, 0.15) is 5.56 Å². The highest BCUT2D eigenvalue weighted by Crippen LogP contribution is 2.21. The van der Waals surface area contributed by atoms with Gasteiger partial charge in [0, 0.05) is 11.9 Å². The number of nitrogens with two attached hydrogens (primary N) is 1. The van der Waals surface area contributed by atoms with Crippen molar-refractivity contribution in [1.29, 1.82) is 0 Å². The van der Waals surface area contributed by atoms with Gasteiger partial charge in [0.25, 0.3) is 0 Å². The molecule has 2 nitrogen and oxygen atoms in total. The van der Waals surface area contributed by atoms with Gasteiger partial charge in [-0.3, -0.25) is 11.3 Å². The summed E-state index contributed by atoms with van der Waals surface area (Å²) >= 11 is 0. The van der Waals surface area contributed by atoms with Gasteiger partial charge in [-0.05, 0) is 17.0 Å². The first-order valence-electron chi connectivity index (χ1n) is 4.42. The summed E-state index contributed by atoms with van der Waals surface area (Å²) in [5.74, 6) is 5.05. The molecule has 0 aliphatic carbocycles. The number of nitrogens with one attached hydrogen (secondary N) is 1. The molecule has 2 aromatic rings. The van der Waals surface area contributed by atoms with Crippen molar-refractivity contribution >= 4 is 10.8 Å². The van der Waals surface area contributed by atoms with Crippen molar-refractivity contribution in [2.24, 2.45) is 5.84 Å². The van der Waals surface area contributed by atoms with E-state index in [1.54, 1.807) is 12.1 Å². The lowest BCUT2D eigenvalue weighted by Crippen LogP contribution is -2.20. The predicted molar refractivity (Wildman–Crippen MR) is 54.9 cm³/mol. The van der Waals surface area contributed by atoms with E-state index in [1.807, 2.05) is 18.2 Å². The van der Waals surface area contributed by atoms with Crippen molar-refractivity contribution in [3.05, 3.63) is 47.8 Å². The third-order valence-corrected chi connectivity index (χ3v) is 2.25. The summed E-state index contributed by atoms with van der Waals surface area (Å²) in [5.41, 5.74) is 3.58. The smallest absolute Gasteiger partial charge is 0.131 e. The molecular weight excluding hydrogens is 179 g/mol. The molecule has 0 radical (unpaired) electrons. The first-order valence-corrected chi connectivity index (χ1v) is 4.42. The topological polar surface area (TPSA) is 38.0 Å². The van der Waals surface area contributed by atoms with Crippen LogP contribution in [-0.4, -0.2) is 0 Å². The van der Waals surface area contributed by atoms with Gasteiger partial charge < -0.3 is 0 Å². The molecule has 2 aromatic carbocycles. The maximum Gasteiger partial charge on any atom is 0.131 e. The third kappa shape index (κ3) is 1.47. The summed E-state index contributed by atoms with van der Waals surface area (Å²) in [7, 11) is 0. The van der Waals surface area contributed by atoms with Gasteiger partial charge in [0.15, 0.2) is 0 Å². The number of hydrazine groups is 1. The van der Waals surface area contributed by atoms with Gasteiger partial charge in [0.05, 0.1) is 0 Å². The Kier molecular flexibility index (Phi) is 2.43. The maximum absolute atomic E-state index is 13.4. The predicted octanol–water partition coefficient (Wildman–Crippen LogP) is 1.94. The Morgan fingerprint density at radius 2 is 1.79 bits per heavy atom. The standard InChI is InChI=1S/C11H11FN2/c12-11-6-5-8(7-14-13)9-3-1-2-4-10(9)11/h1-6,14H,7,13H2. The fraction of sp³-hybridized carbons (Fsp3) is 0.0909. The van der Waals surface area contributed by atoms with Crippen molar-refractivity contribution in [3.8, 4) is 0 Å². The lowest BCUT2D eigenvalue weighted by atomic mass is 10.0. The van der Waals surface area contributed by atoms with Crippen LogP contribution in [0.4, 0.5) is 4.39 Å². The highest BCUT2D eigenvalue weighted by atomic mass is 19.1. The molecule has 0 saturated heterocycles. The summed E-state index contributed by atoms with van der Waals surface area (Å²) < 4.78 is 13.4. The van der Waals surface area contributed by atoms with Crippen molar-refractivity contribution in [3.63, 3.8) is 0 Å². The fourth-order valence-electron chi connectivity index (χ4n) is 1.59. The molecule has 0 atom stereocenters. The molecule has 0 unspecified atom stereocenters. The molecule has 0 saturated carbocycles. The van der Waals surface area contributed by atoms with Crippen molar-refractivity contribution in [2.75, 3.05) is 0 Å². The average molecular weight is 190 g/mol. The van der Waals surface area contributed by atoms with E-state index in [0.29, 0.717) is 11.9 Å². The number of hydrogen-bond donors (Lipinski definition) is 2. The van der Waals surface area contributed by atoms with Gasteiger partial charge in [-0.2, -0.15) is 0 Å². The molecule has 72 valence electrons. The minimum Gasteiger partial charge on any atom is -0.271 e. The van der Waals surface area contributed by atoms with Crippen LogP contribution in [0.5, 0.6) is 0 Å². The summed E-state index contributed by atoms with van der Waals surface area (Å²) in [4.78, 5) is 0. The normalized spacial score (nSPS) is 10.7. The number of benzene rings is 2. The molecule has 3 heteroatoms. The molecular formula is C11H11FN2. The minimum atomic E-state index is -0.193. The Morgan fingerprint density at radius 1 is 1.07 bits per heavy atom. The van der Waals surface area contributed by atoms with Crippen molar-refractivity contribution in [1.82, 2.24) is 5.43 Å². The van der Waals surface area contributed by atoms with Crippen LogP contribution in [0.3, 0.4) is 0 Å². The number of hydrogen-bond acceptors (Lipinski definition) is 2. The van der Waals surface area contributed by atoms with Crippen LogP contribution in [0.2, 0.25) is 0 Å². The van der Waals surface area contributed by atoms with E-state index in [9.17, 15) is 4.39 Å². The zero-order valence-corrected chi connectivity index (χ0v) is 7.63. The van der Waals surface area contributed by atoms with Crippen LogP contribution >= 0.6 is 0 Å². The zero-order valence-electron chi connectivity index (χ0n) is 7.63. The molecule has 0 bridgehead atoms. The molecule has 0 fully saturated rings. The molecule has 0 aromatic heterocycles. The van der Waals surface area contributed by atoms with Crippen LogP contribution < -0.4 is 11.3 Å². The molecule has 0 aliphatic rings. The van der Waals surface area contributed by atoms with E-state index < -0.39 is 0 Å². The molecule has 0 aliphatic heterocycles. The molecule has 3 N–H and O–H groups in total. The highest BCUT2D eigenvalue weighted by Gasteiger charge is 2.03. The van der Waals surface area contributed by atoms with Gasteiger partial charge in [-0.1, -0.05) is 30.3 Å². The van der Waals surface area contributed by atoms with Crippen molar-refractivity contribution in [2.45, 2.75) is 6.54 Å². The van der Waals surface area contributed by atoms with Crippen LogP contribution in [0.15, 0.2) is 36.4 Å². The monoisotopic (exact) mass is 190 g/mol. The van der Waals surface area contributed by atoms with E-state index in [0.717, 1.165) is 10.9 Å². The Hall–Kier alpha value is -1.45. The van der Waals surface area contributed by atoms with Crippen molar-refractivity contribution < 1.29 is 4.39 Å². The first-order chi connectivity index (χ1) is 6.83. The number of fused-ring (bicyclic) bond motifs is 1. The summed E-state index contributed by atoms with van der Waals surface area (Å²) in [6.07, 6.45) is 0. The van der Waals surface area contributed by atoms with Crippen LogP contribution in [0, 0.1) is 5.82 Å². The lowest BCUT2D eigenvalue weighted by Gasteiger charge is -2.06. The van der Waals surface area contributed by atoms with E-state index >= 15 is 0 Å². The maximum atomic E-state index is 13.4. The highest BCUT2D eigenvalue weighted by molar-refractivity contribution is 5.86. The molecule has 0 heterocycles. The number of halogens is 1. The third-order valence-electron chi connectivity index (χ3n) is 2.25. The Labute approximate surface area is 81.5 Å². The van der Waals surface area contributed by atoms with E-state index in [2.05, 4.69) is 5.43 Å². The molecule has 0 amide bonds. The fourth-order valence-corrected chi connectivity index (χ4v) is 1.59. The minimum absolute atomic E-state index is 0.193. The van der Waals surface area contributed by atoms with Crippen LogP contribution in [0.25, 0.3) is 10.8 Å². The average Bonchev–Trinajstić information content (AvgIpc) is 2.23. The second-order valence-corrected chi connectivity index (χ2v) is 3.13. The molecule has 14 heavy (non-hydrogen) atoms. The summed E-state index contributed by atoms with van der Waals surface area (Å²) in [6, 6.07) is 10.6. The Morgan fingerprint density at radius 3 is 2.50 bits per heavy atom. The number of rotatable bonds is 2. The van der Waals surface area contributed by atoms with Crippen LogP contribution in [-0.2, 0) is 6.54 Å². The van der Waals surface area contributed by atoms with Gasteiger partial charge >= 0.3 is 0 Å². The van der Waals surface area contributed by atoms with E-state index in [1.165, 1.54) is 6.07 Å². The van der Waals surface area contributed by atoms with E-state index in [4.69, 9.17) is 5.84 Å². The van der Waals surface area contributed by atoms with Gasteiger partial charge in [-0.25, -0.2) is 4.39 Å². The first kappa shape index (κ1) is 9.12. The lowest BCUT2D eigenvalue weighted by molar-refractivity contribution is 0.638. The zero-order chi connectivity index (χ0) is 9.97. The van der Waals surface area contributed by atoms with Gasteiger partial charge in [0.1, 0.15) is 5.82 Å². The molecule has 0 spiro atoms. The summed E-state index contributed by atoms with van der Waals surface area (Å²) in [6.45, 7) is 0.542. The quantitative estimate of drug-likeness (QED) is 0.561.